The number of benzene rings is 1. The summed E-state index contributed by atoms with van der Waals surface area (Å²) in [6.07, 6.45) is 3.75. The quantitative estimate of drug-likeness (QED) is 0.831. The fourth-order valence-electron chi connectivity index (χ4n) is 3.01. The molecule has 0 radical (unpaired) electrons. The first-order valence-corrected chi connectivity index (χ1v) is 8.19. The van der Waals surface area contributed by atoms with E-state index in [2.05, 4.69) is 31.8 Å². The van der Waals surface area contributed by atoms with Gasteiger partial charge in [0.1, 0.15) is 0 Å². The van der Waals surface area contributed by atoms with Crippen LogP contribution in [0.15, 0.2) is 23.1 Å². The molecule has 2 rings (SSSR count). The number of carbonyl (C=O) groups excluding carboxylic acids is 1. The molecular weight excluding hydrogens is 282 g/mol. The number of hydrogen-bond donors (Lipinski definition) is 2. The van der Waals surface area contributed by atoms with E-state index in [0.29, 0.717) is 5.56 Å². The lowest BCUT2D eigenvalue weighted by Crippen LogP contribution is -2.48. The van der Waals surface area contributed by atoms with Crippen LogP contribution in [0.1, 0.15) is 55.5 Å². The molecule has 0 aromatic heterocycles. The maximum Gasteiger partial charge on any atom is 0.251 e. The fourth-order valence-corrected chi connectivity index (χ4v) is 3.22. The molecule has 0 saturated carbocycles. The summed E-state index contributed by atoms with van der Waals surface area (Å²) in [7, 11) is 0. The highest BCUT2D eigenvalue weighted by atomic mass is 32.1. The van der Waals surface area contributed by atoms with Crippen molar-refractivity contribution < 1.29 is 9.53 Å². The molecule has 1 aliphatic heterocycles. The number of amides is 1. The molecule has 3 nitrogen and oxygen atoms in total. The second-order valence-electron chi connectivity index (χ2n) is 5.90. The molecule has 1 atom stereocenters. The summed E-state index contributed by atoms with van der Waals surface area (Å²) in [4.78, 5) is 13.3. The molecule has 1 unspecified atom stereocenters. The van der Waals surface area contributed by atoms with E-state index >= 15 is 0 Å². The Hall–Kier alpha value is -1.00. The lowest BCUT2D eigenvalue weighted by Gasteiger charge is -2.40. The van der Waals surface area contributed by atoms with Crippen molar-refractivity contribution in [1.29, 1.82) is 0 Å². The number of nitrogens with one attached hydrogen (secondary N) is 1. The van der Waals surface area contributed by atoms with E-state index < -0.39 is 0 Å². The van der Waals surface area contributed by atoms with Crippen LogP contribution in [0.3, 0.4) is 0 Å². The van der Waals surface area contributed by atoms with Gasteiger partial charge < -0.3 is 10.1 Å². The molecule has 0 aliphatic carbocycles. The molecule has 1 N–H and O–H groups in total. The van der Waals surface area contributed by atoms with Crippen molar-refractivity contribution in [3.8, 4) is 0 Å². The molecule has 1 fully saturated rings. The molecule has 1 amide bonds. The van der Waals surface area contributed by atoms with Crippen LogP contribution >= 0.6 is 12.6 Å². The summed E-state index contributed by atoms with van der Waals surface area (Å²) in [5, 5.41) is 3.17. The van der Waals surface area contributed by atoms with Crippen LogP contribution < -0.4 is 5.32 Å². The third kappa shape index (κ3) is 3.80. The average Bonchev–Trinajstić information content (AvgIpc) is 2.49. The number of carbonyl (C=O) groups is 1. The minimum atomic E-state index is -0.0728. The predicted octanol–water partition coefficient (Wildman–Crippen LogP) is 3.75. The number of ether oxygens (including phenoxy) is 1. The highest BCUT2D eigenvalue weighted by Crippen LogP contribution is 2.31. The van der Waals surface area contributed by atoms with Gasteiger partial charge in [-0.2, -0.15) is 0 Å². The third-order valence-electron chi connectivity index (χ3n) is 4.58. The van der Waals surface area contributed by atoms with Gasteiger partial charge in [-0.25, -0.2) is 0 Å². The molecule has 1 aromatic carbocycles. The normalized spacial score (nSPS) is 21.0. The number of rotatable bonds is 4. The standard InChI is InChI=1S/C17H25NO2S/c1-4-17(5-2)11-13(8-9-20-17)18-16(19)15-10-14(21)7-6-12(15)3/h6-7,10,13,21H,4-5,8-9,11H2,1-3H3,(H,18,19). The van der Waals surface area contributed by atoms with E-state index in [1.54, 1.807) is 0 Å². The molecule has 1 aromatic rings. The first kappa shape index (κ1) is 16.4. The van der Waals surface area contributed by atoms with E-state index in [1.807, 2.05) is 25.1 Å². The fraction of sp³-hybridized carbons (Fsp3) is 0.588. The van der Waals surface area contributed by atoms with Gasteiger partial charge in [-0.3, -0.25) is 4.79 Å². The zero-order valence-corrected chi connectivity index (χ0v) is 14.0. The van der Waals surface area contributed by atoms with E-state index in [9.17, 15) is 4.79 Å². The molecule has 1 saturated heterocycles. The number of aryl methyl sites for hydroxylation is 1. The molecule has 1 heterocycles. The van der Waals surface area contributed by atoms with Crippen molar-refractivity contribution in [2.75, 3.05) is 6.61 Å². The van der Waals surface area contributed by atoms with Gasteiger partial charge in [-0.15, -0.1) is 12.6 Å². The van der Waals surface area contributed by atoms with Gasteiger partial charge in [-0.1, -0.05) is 19.9 Å². The summed E-state index contributed by atoms with van der Waals surface area (Å²) in [6.45, 7) is 6.98. The van der Waals surface area contributed by atoms with Gasteiger partial charge in [0.05, 0.1) is 5.60 Å². The number of thiol groups is 1. The molecule has 116 valence electrons. The monoisotopic (exact) mass is 307 g/mol. The Bertz CT molecular complexity index is 512. The third-order valence-corrected chi connectivity index (χ3v) is 4.86. The molecule has 4 heteroatoms. The van der Waals surface area contributed by atoms with Crippen LogP contribution in [0, 0.1) is 6.92 Å². The molecule has 0 bridgehead atoms. The summed E-state index contributed by atoms with van der Waals surface area (Å²) < 4.78 is 5.96. The Labute approximate surface area is 132 Å². The summed E-state index contributed by atoms with van der Waals surface area (Å²) in [5.74, 6) is -0.00333. The second-order valence-corrected chi connectivity index (χ2v) is 6.42. The summed E-state index contributed by atoms with van der Waals surface area (Å²) >= 11 is 4.32. The van der Waals surface area contributed by atoms with Crippen molar-refractivity contribution >= 4 is 18.5 Å². The molecular formula is C17H25NO2S. The number of hydrogen-bond acceptors (Lipinski definition) is 3. The van der Waals surface area contributed by atoms with Gasteiger partial charge in [0.25, 0.3) is 5.91 Å². The van der Waals surface area contributed by atoms with Crippen LogP contribution in [0.25, 0.3) is 0 Å². The van der Waals surface area contributed by atoms with Gasteiger partial charge in [-0.05, 0) is 50.3 Å². The minimum absolute atomic E-state index is 0.00333. The highest BCUT2D eigenvalue weighted by molar-refractivity contribution is 7.80. The minimum Gasteiger partial charge on any atom is -0.375 e. The Morgan fingerprint density at radius 3 is 2.81 bits per heavy atom. The van der Waals surface area contributed by atoms with Crippen LogP contribution in [0.2, 0.25) is 0 Å². The Morgan fingerprint density at radius 2 is 2.14 bits per heavy atom. The van der Waals surface area contributed by atoms with Crippen LogP contribution in [0.5, 0.6) is 0 Å². The van der Waals surface area contributed by atoms with Crippen molar-refractivity contribution in [1.82, 2.24) is 5.32 Å². The van der Waals surface area contributed by atoms with Gasteiger partial charge >= 0.3 is 0 Å². The van der Waals surface area contributed by atoms with E-state index in [0.717, 1.165) is 42.7 Å². The van der Waals surface area contributed by atoms with Gasteiger partial charge in [0, 0.05) is 23.1 Å². The van der Waals surface area contributed by atoms with Gasteiger partial charge in [0.2, 0.25) is 0 Å². The van der Waals surface area contributed by atoms with Crippen LogP contribution in [-0.2, 0) is 4.74 Å². The summed E-state index contributed by atoms with van der Waals surface area (Å²) in [5.41, 5.74) is 1.62. The second kappa shape index (κ2) is 6.84. The Kier molecular flexibility index (Phi) is 5.33. The molecule has 21 heavy (non-hydrogen) atoms. The van der Waals surface area contributed by atoms with E-state index in [1.165, 1.54) is 0 Å². The smallest absolute Gasteiger partial charge is 0.251 e. The van der Waals surface area contributed by atoms with Crippen LogP contribution in [0.4, 0.5) is 0 Å². The molecule has 1 aliphatic rings. The Balaban J connectivity index is 2.07. The van der Waals surface area contributed by atoms with E-state index in [-0.39, 0.29) is 17.6 Å². The first-order valence-electron chi connectivity index (χ1n) is 7.74. The van der Waals surface area contributed by atoms with Crippen molar-refractivity contribution in [2.45, 2.75) is 63.0 Å². The maximum atomic E-state index is 12.5. The van der Waals surface area contributed by atoms with Gasteiger partial charge in [0.15, 0.2) is 0 Å². The zero-order chi connectivity index (χ0) is 15.5. The van der Waals surface area contributed by atoms with Crippen molar-refractivity contribution in [2.24, 2.45) is 0 Å². The topological polar surface area (TPSA) is 38.3 Å². The van der Waals surface area contributed by atoms with Crippen molar-refractivity contribution in [3.05, 3.63) is 29.3 Å². The average molecular weight is 307 g/mol. The molecule has 0 spiro atoms. The predicted molar refractivity (Wildman–Crippen MR) is 88.2 cm³/mol. The first-order chi connectivity index (χ1) is 9.99. The van der Waals surface area contributed by atoms with Crippen molar-refractivity contribution in [3.63, 3.8) is 0 Å². The zero-order valence-electron chi connectivity index (χ0n) is 13.1. The largest absolute Gasteiger partial charge is 0.375 e. The lowest BCUT2D eigenvalue weighted by molar-refractivity contribution is -0.0917. The van der Waals surface area contributed by atoms with E-state index in [4.69, 9.17) is 4.74 Å². The maximum absolute atomic E-state index is 12.5. The summed E-state index contributed by atoms with van der Waals surface area (Å²) in [6, 6.07) is 5.86. The Morgan fingerprint density at radius 1 is 1.43 bits per heavy atom. The van der Waals surface area contributed by atoms with Crippen LogP contribution in [-0.4, -0.2) is 24.2 Å². The lowest BCUT2D eigenvalue weighted by atomic mass is 9.86. The SMILES string of the molecule is CCC1(CC)CC(NC(=O)c2cc(S)ccc2C)CCO1. The highest BCUT2D eigenvalue weighted by Gasteiger charge is 2.35.